The van der Waals surface area contributed by atoms with Gasteiger partial charge in [-0.1, -0.05) is 41.4 Å². The zero-order chi connectivity index (χ0) is 19.3. The zero-order valence-electron chi connectivity index (χ0n) is 15.3. The number of hydrogen-bond donors (Lipinski definition) is 0. The molecule has 1 fully saturated rings. The van der Waals surface area contributed by atoms with Crippen molar-refractivity contribution in [1.29, 1.82) is 0 Å². The second-order valence-electron chi connectivity index (χ2n) is 6.73. The van der Waals surface area contributed by atoms with Crippen LogP contribution in [0.2, 0.25) is 10.0 Å². The van der Waals surface area contributed by atoms with Gasteiger partial charge in [-0.2, -0.15) is 0 Å². The standard InChI is InChI=1S/C21H23Cl2NO3/c1-24(11-14-27-19-4-2-3-18(23)15-19)20(25)21(9-12-26-13-10-21)16-5-7-17(22)8-6-16/h2-8,15H,9-14H2,1H3. The topological polar surface area (TPSA) is 38.8 Å². The van der Waals surface area contributed by atoms with E-state index in [1.807, 2.05) is 43.4 Å². The molecule has 2 aromatic carbocycles. The van der Waals surface area contributed by atoms with Gasteiger partial charge < -0.3 is 14.4 Å². The van der Waals surface area contributed by atoms with Crippen LogP contribution in [0.25, 0.3) is 0 Å². The second kappa shape index (κ2) is 8.96. The largest absolute Gasteiger partial charge is 0.492 e. The monoisotopic (exact) mass is 407 g/mol. The number of rotatable bonds is 6. The summed E-state index contributed by atoms with van der Waals surface area (Å²) in [5, 5.41) is 1.29. The van der Waals surface area contributed by atoms with E-state index in [4.69, 9.17) is 32.7 Å². The van der Waals surface area contributed by atoms with Gasteiger partial charge in [-0.05, 0) is 48.7 Å². The molecule has 6 heteroatoms. The average molecular weight is 408 g/mol. The summed E-state index contributed by atoms with van der Waals surface area (Å²) in [5.41, 5.74) is 0.413. The summed E-state index contributed by atoms with van der Waals surface area (Å²) >= 11 is 12.0. The number of benzene rings is 2. The first-order chi connectivity index (χ1) is 13.0. The highest BCUT2D eigenvalue weighted by Crippen LogP contribution is 2.37. The van der Waals surface area contributed by atoms with Crippen LogP contribution >= 0.6 is 23.2 Å². The van der Waals surface area contributed by atoms with Crippen molar-refractivity contribution in [3.63, 3.8) is 0 Å². The lowest BCUT2D eigenvalue weighted by atomic mass is 9.73. The Labute approximate surface area is 170 Å². The van der Waals surface area contributed by atoms with Gasteiger partial charge in [0.05, 0.1) is 12.0 Å². The summed E-state index contributed by atoms with van der Waals surface area (Å²) in [7, 11) is 1.82. The van der Waals surface area contributed by atoms with Crippen molar-refractivity contribution in [2.75, 3.05) is 33.4 Å². The first-order valence-corrected chi connectivity index (χ1v) is 9.75. The minimum atomic E-state index is -0.576. The van der Waals surface area contributed by atoms with Crippen LogP contribution in [0.1, 0.15) is 18.4 Å². The minimum Gasteiger partial charge on any atom is -0.492 e. The molecule has 3 rings (SSSR count). The lowest BCUT2D eigenvalue weighted by Gasteiger charge is -2.39. The zero-order valence-corrected chi connectivity index (χ0v) is 16.8. The fourth-order valence-electron chi connectivity index (χ4n) is 3.44. The molecule has 1 saturated heterocycles. The maximum Gasteiger partial charge on any atom is 0.233 e. The van der Waals surface area contributed by atoms with Gasteiger partial charge >= 0.3 is 0 Å². The lowest BCUT2D eigenvalue weighted by Crippen LogP contribution is -2.49. The number of amides is 1. The number of nitrogens with zero attached hydrogens (tertiary/aromatic N) is 1. The molecule has 0 aromatic heterocycles. The fourth-order valence-corrected chi connectivity index (χ4v) is 3.75. The van der Waals surface area contributed by atoms with Crippen molar-refractivity contribution in [2.45, 2.75) is 18.3 Å². The molecule has 0 atom stereocenters. The van der Waals surface area contributed by atoms with Gasteiger partial charge in [-0.25, -0.2) is 0 Å². The Balaban J connectivity index is 1.69. The second-order valence-corrected chi connectivity index (χ2v) is 7.61. The highest BCUT2D eigenvalue weighted by atomic mass is 35.5. The van der Waals surface area contributed by atoms with Gasteiger partial charge in [0.1, 0.15) is 12.4 Å². The maximum absolute atomic E-state index is 13.4. The first kappa shape index (κ1) is 20.0. The Kier molecular flexibility index (Phi) is 6.64. The molecule has 0 radical (unpaired) electrons. The fraction of sp³-hybridized carbons (Fsp3) is 0.381. The van der Waals surface area contributed by atoms with Crippen LogP contribution in [0.15, 0.2) is 48.5 Å². The van der Waals surface area contributed by atoms with Crippen molar-refractivity contribution in [2.24, 2.45) is 0 Å². The third-order valence-electron chi connectivity index (χ3n) is 4.99. The molecule has 1 aliphatic heterocycles. The van der Waals surface area contributed by atoms with Crippen LogP contribution in [0.3, 0.4) is 0 Å². The van der Waals surface area contributed by atoms with E-state index in [2.05, 4.69) is 0 Å². The van der Waals surface area contributed by atoms with Crippen molar-refractivity contribution in [1.82, 2.24) is 4.90 Å². The number of likely N-dealkylation sites (N-methyl/N-ethyl adjacent to an activating group) is 1. The van der Waals surface area contributed by atoms with Crippen LogP contribution in [0, 0.1) is 0 Å². The van der Waals surface area contributed by atoms with E-state index in [0.717, 1.165) is 5.56 Å². The third kappa shape index (κ3) is 4.75. The molecular formula is C21H23Cl2NO3. The van der Waals surface area contributed by atoms with E-state index in [9.17, 15) is 4.79 Å². The number of hydrogen-bond acceptors (Lipinski definition) is 3. The summed E-state index contributed by atoms with van der Waals surface area (Å²) < 4.78 is 11.2. The minimum absolute atomic E-state index is 0.0859. The first-order valence-electron chi connectivity index (χ1n) is 8.99. The van der Waals surface area contributed by atoms with Crippen molar-refractivity contribution in [3.8, 4) is 5.75 Å². The predicted octanol–water partition coefficient (Wildman–Crippen LogP) is 4.58. The molecule has 1 heterocycles. The van der Waals surface area contributed by atoms with Gasteiger partial charge in [-0.15, -0.1) is 0 Å². The summed E-state index contributed by atoms with van der Waals surface area (Å²) in [4.78, 5) is 15.1. The highest BCUT2D eigenvalue weighted by molar-refractivity contribution is 6.30. The van der Waals surface area contributed by atoms with E-state index in [-0.39, 0.29) is 5.91 Å². The Morgan fingerprint density at radius 3 is 2.48 bits per heavy atom. The quantitative estimate of drug-likeness (QED) is 0.703. The molecule has 144 valence electrons. The Bertz CT molecular complexity index is 773. The molecule has 2 aromatic rings. The SMILES string of the molecule is CN(CCOc1cccc(Cl)c1)C(=O)C1(c2ccc(Cl)cc2)CCOCC1. The Morgan fingerprint density at radius 2 is 1.81 bits per heavy atom. The van der Waals surface area contributed by atoms with Crippen molar-refractivity contribution in [3.05, 3.63) is 64.1 Å². The Hall–Kier alpha value is -1.75. The van der Waals surface area contributed by atoms with Gasteiger partial charge in [-0.3, -0.25) is 4.79 Å². The molecule has 1 aliphatic rings. The van der Waals surface area contributed by atoms with Gasteiger partial charge in [0.25, 0.3) is 0 Å². The van der Waals surface area contributed by atoms with Gasteiger partial charge in [0.15, 0.2) is 0 Å². The molecule has 0 saturated carbocycles. The molecule has 0 spiro atoms. The summed E-state index contributed by atoms with van der Waals surface area (Å²) in [6, 6.07) is 14.8. The summed E-state index contributed by atoms with van der Waals surface area (Å²) in [6.07, 6.45) is 1.32. The van der Waals surface area contributed by atoms with Gasteiger partial charge in [0.2, 0.25) is 5.91 Å². The number of carbonyl (C=O) groups is 1. The van der Waals surface area contributed by atoms with Crippen LogP contribution in [0.4, 0.5) is 0 Å². The van der Waals surface area contributed by atoms with Crippen LogP contribution in [-0.2, 0) is 14.9 Å². The predicted molar refractivity (Wildman–Crippen MR) is 108 cm³/mol. The number of carbonyl (C=O) groups excluding carboxylic acids is 1. The van der Waals surface area contributed by atoms with Crippen LogP contribution < -0.4 is 4.74 Å². The smallest absolute Gasteiger partial charge is 0.233 e. The van der Waals surface area contributed by atoms with Crippen molar-refractivity contribution >= 4 is 29.1 Å². The van der Waals surface area contributed by atoms with E-state index in [1.54, 1.807) is 17.0 Å². The normalized spacial score (nSPS) is 16.0. The molecule has 4 nitrogen and oxygen atoms in total. The molecule has 0 N–H and O–H groups in total. The molecule has 0 aliphatic carbocycles. The molecule has 1 amide bonds. The molecule has 0 unspecified atom stereocenters. The van der Waals surface area contributed by atoms with Crippen LogP contribution in [0.5, 0.6) is 5.75 Å². The molecule has 0 bridgehead atoms. The molecule has 27 heavy (non-hydrogen) atoms. The van der Waals surface area contributed by atoms with E-state index < -0.39 is 5.41 Å². The van der Waals surface area contributed by atoms with E-state index in [0.29, 0.717) is 55.0 Å². The average Bonchev–Trinajstić information content (AvgIpc) is 2.68. The maximum atomic E-state index is 13.4. The Morgan fingerprint density at radius 1 is 1.11 bits per heavy atom. The highest BCUT2D eigenvalue weighted by Gasteiger charge is 2.43. The van der Waals surface area contributed by atoms with E-state index in [1.165, 1.54) is 0 Å². The van der Waals surface area contributed by atoms with Crippen molar-refractivity contribution < 1.29 is 14.3 Å². The van der Waals surface area contributed by atoms with Crippen LogP contribution in [-0.4, -0.2) is 44.2 Å². The molecular weight excluding hydrogens is 385 g/mol. The van der Waals surface area contributed by atoms with Gasteiger partial charge in [0, 0.05) is 30.3 Å². The lowest BCUT2D eigenvalue weighted by molar-refractivity contribution is -0.140. The summed E-state index contributed by atoms with van der Waals surface area (Å²) in [6.45, 7) is 2.03. The third-order valence-corrected chi connectivity index (χ3v) is 5.48. The number of ether oxygens (including phenoxy) is 2. The van der Waals surface area contributed by atoms with E-state index >= 15 is 0 Å². The number of halogens is 2. The summed E-state index contributed by atoms with van der Waals surface area (Å²) in [5.74, 6) is 0.782.